The Balaban J connectivity index is 1.50. The lowest BCUT2D eigenvalue weighted by molar-refractivity contribution is -0.122. The fourth-order valence-corrected chi connectivity index (χ4v) is 3.73. The number of amides is 1. The van der Waals surface area contributed by atoms with E-state index in [1.54, 1.807) is 28.8 Å². The molecule has 0 unspecified atom stereocenters. The predicted molar refractivity (Wildman–Crippen MR) is 126 cm³/mol. The number of rotatable bonds is 7. The summed E-state index contributed by atoms with van der Waals surface area (Å²) in [6, 6.07) is 25.1. The first-order chi connectivity index (χ1) is 15.6. The first-order valence-electron chi connectivity index (χ1n) is 10.4. The summed E-state index contributed by atoms with van der Waals surface area (Å²) in [6.07, 6.45) is 0. The summed E-state index contributed by atoms with van der Waals surface area (Å²) in [5, 5.41) is 7.92. The predicted octanol–water partition coefficient (Wildman–Crippen LogP) is 4.37. The molecule has 7 heteroatoms. The van der Waals surface area contributed by atoms with Gasteiger partial charge in [0.2, 0.25) is 5.91 Å². The van der Waals surface area contributed by atoms with Gasteiger partial charge in [0.15, 0.2) is 5.82 Å². The molecule has 0 saturated carbocycles. The SMILES string of the molecule is CCn1c(-c2ccc(Cl)cc2)nn(CC(=O)NCc2ccccc2-c2ccccc2)c1=O. The van der Waals surface area contributed by atoms with Crippen molar-refractivity contribution in [1.82, 2.24) is 19.7 Å². The highest BCUT2D eigenvalue weighted by atomic mass is 35.5. The van der Waals surface area contributed by atoms with Gasteiger partial charge in [0.25, 0.3) is 0 Å². The molecule has 0 spiro atoms. The van der Waals surface area contributed by atoms with Crippen molar-refractivity contribution in [2.75, 3.05) is 0 Å². The Morgan fingerprint density at radius 3 is 2.34 bits per heavy atom. The molecule has 3 aromatic carbocycles. The standard InChI is InChI=1S/C25H23ClN4O2/c1-2-29-24(19-12-14-21(26)15-13-19)28-30(25(29)32)17-23(31)27-16-20-10-6-7-11-22(20)18-8-4-3-5-9-18/h3-15H,2,16-17H2,1H3,(H,27,31). The molecule has 0 aliphatic heterocycles. The maximum atomic E-state index is 12.8. The van der Waals surface area contributed by atoms with Crippen molar-refractivity contribution in [3.8, 4) is 22.5 Å². The maximum absolute atomic E-state index is 12.8. The molecule has 1 N–H and O–H groups in total. The number of nitrogens with zero attached hydrogens (tertiary/aromatic N) is 3. The molecule has 0 saturated heterocycles. The number of hydrogen-bond donors (Lipinski definition) is 1. The van der Waals surface area contributed by atoms with Gasteiger partial charge in [-0.3, -0.25) is 9.36 Å². The van der Waals surface area contributed by atoms with Gasteiger partial charge >= 0.3 is 5.69 Å². The lowest BCUT2D eigenvalue weighted by Crippen LogP contribution is -2.33. The third-order valence-electron chi connectivity index (χ3n) is 5.21. The van der Waals surface area contributed by atoms with Crippen LogP contribution in [0.15, 0.2) is 83.7 Å². The van der Waals surface area contributed by atoms with Crippen molar-refractivity contribution in [2.45, 2.75) is 26.6 Å². The molecule has 1 aromatic heterocycles. The minimum absolute atomic E-state index is 0.153. The molecule has 32 heavy (non-hydrogen) atoms. The van der Waals surface area contributed by atoms with Crippen LogP contribution in [0.25, 0.3) is 22.5 Å². The highest BCUT2D eigenvalue weighted by Crippen LogP contribution is 2.23. The molecule has 1 amide bonds. The largest absolute Gasteiger partial charge is 0.350 e. The monoisotopic (exact) mass is 446 g/mol. The Kier molecular flexibility index (Phi) is 6.52. The third kappa shape index (κ3) is 4.65. The molecule has 1 heterocycles. The quantitative estimate of drug-likeness (QED) is 0.458. The van der Waals surface area contributed by atoms with E-state index in [0.717, 1.165) is 22.3 Å². The van der Waals surface area contributed by atoms with Crippen LogP contribution in [0.5, 0.6) is 0 Å². The lowest BCUT2D eigenvalue weighted by atomic mass is 10.00. The Hall–Kier alpha value is -3.64. The lowest BCUT2D eigenvalue weighted by Gasteiger charge is -2.11. The average molecular weight is 447 g/mol. The molecule has 0 fully saturated rings. The van der Waals surface area contributed by atoms with Gasteiger partial charge in [-0.2, -0.15) is 0 Å². The first kappa shape index (κ1) is 21.6. The number of hydrogen-bond acceptors (Lipinski definition) is 3. The van der Waals surface area contributed by atoms with Crippen molar-refractivity contribution in [3.63, 3.8) is 0 Å². The third-order valence-corrected chi connectivity index (χ3v) is 5.46. The number of carbonyl (C=O) groups excluding carboxylic acids is 1. The van der Waals surface area contributed by atoms with Gasteiger partial charge in [-0.1, -0.05) is 66.2 Å². The molecule has 0 radical (unpaired) electrons. The van der Waals surface area contributed by atoms with E-state index in [-0.39, 0.29) is 18.1 Å². The minimum atomic E-state index is -0.322. The minimum Gasteiger partial charge on any atom is -0.350 e. The van der Waals surface area contributed by atoms with E-state index < -0.39 is 0 Å². The van der Waals surface area contributed by atoms with Crippen molar-refractivity contribution in [1.29, 1.82) is 0 Å². The van der Waals surface area contributed by atoms with Crippen LogP contribution >= 0.6 is 11.6 Å². The Morgan fingerprint density at radius 2 is 1.62 bits per heavy atom. The highest BCUT2D eigenvalue weighted by molar-refractivity contribution is 6.30. The van der Waals surface area contributed by atoms with Crippen LogP contribution in [-0.2, 0) is 24.4 Å². The Labute approximate surface area is 191 Å². The molecule has 162 valence electrons. The van der Waals surface area contributed by atoms with Gasteiger partial charge in [0, 0.05) is 23.7 Å². The molecule has 4 aromatic rings. The van der Waals surface area contributed by atoms with E-state index in [1.807, 2.05) is 61.5 Å². The van der Waals surface area contributed by atoms with E-state index in [1.165, 1.54) is 4.68 Å². The van der Waals surface area contributed by atoms with Crippen LogP contribution in [0.2, 0.25) is 5.02 Å². The second kappa shape index (κ2) is 9.66. The Bertz CT molecular complexity index is 1280. The number of aromatic nitrogens is 3. The van der Waals surface area contributed by atoms with Crippen LogP contribution < -0.4 is 11.0 Å². The van der Waals surface area contributed by atoms with Gasteiger partial charge in [0.1, 0.15) is 6.54 Å². The number of nitrogens with one attached hydrogen (secondary N) is 1. The molecule has 4 rings (SSSR count). The first-order valence-corrected chi connectivity index (χ1v) is 10.8. The number of benzene rings is 3. The highest BCUT2D eigenvalue weighted by Gasteiger charge is 2.16. The summed E-state index contributed by atoms with van der Waals surface area (Å²) in [6.45, 7) is 2.52. The fourth-order valence-electron chi connectivity index (χ4n) is 3.60. The van der Waals surface area contributed by atoms with Crippen LogP contribution in [-0.4, -0.2) is 20.3 Å². The van der Waals surface area contributed by atoms with Gasteiger partial charge in [-0.05, 0) is 47.9 Å². The summed E-state index contributed by atoms with van der Waals surface area (Å²) in [4.78, 5) is 25.4. The van der Waals surface area contributed by atoms with Gasteiger partial charge < -0.3 is 5.32 Å². The molecule has 0 bridgehead atoms. The van der Waals surface area contributed by atoms with E-state index in [9.17, 15) is 9.59 Å². The Morgan fingerprint density at radius 1 is 0.938 bits per heavy atom. The van der Waals surface area contributed by atoms with Gasteiger partial charge in [-0.25, -0.2) is 9.48 Å². The number of halogens is 1. The van der Waals surface area contributed by atoms with Crippen LogP contribution in [0.4, 0.5) is 0 Å². The summed E-state index contributed by atoms with van der Waals surface area (Å²) in [5.74, 6) is 0.231. The summed E-state index contributed by atoms with van der Waals surface area (Å²) < 4.78 is 2.74. The van der Waals surface area contributed by atoms with Crippen molar-refractivity contribution >= 4 is 17.5 Å². The molecule has 0 aliphatic carbocycles. The summed E-state index contributed by atoms with van der Waals surface area (Å²) >= 11 is 5.97. The smallest absolute Gasteiger partial charge is 0.346 e. The molecular weight excluding hydrogens is 424 g/mol. The van der Waals surface area contributed by atoms with Crippen molar-refractivity contribution in [2.24, 2.45) is 0 Å². The van der Waals surface area contributed by atoms with Crippen LogP contribution in [0.1, 0.15) is 12.5 Å². The van der Waals surface area contributed by atoms with E-state index in [4.69, 9.17) is 11.6 Å². The zero-order valence-corrected chi connectivity index (χ0v) is 18.4. The molecule has 0 aliphatic rings. The second-order valence-electron chi connectivity index (χ2n) is 7.31. The van der Waals surface area contributed by atoms with E-state index in [2.05, 4.69) is 10.4 Å². The molecule has 6 nitrogen and oxygen atoms in total. The van der Waals surface area contributed by atoms with Gasteiger partial charge in [0.05, 0.1) is 0 Å². The normalized spacial score (nSPS) is 10.8. The van der Waals surface area contributed by atoms with Crippen LogP contribution in [0, 0.1) is 0 Å². The fraction of sp³-hybridized carbons (Fsp3) is 0.160. The molecule has 0 atom stereocenters. The van der Waals surface area contributed by atoms with E-state index in [0.29, 0.717) is 23.9 Å². The van der Waals surface area contributed by atoms with Crippen molar-refractivity contribution in [3.05, 3.63) is 99.9 Å². The van der Waals surface area contributed by atoms with E-state index >= 15 is 0 Å². The van der Waals surface area contributed by atoms with Crippen LogP contribution in [0.3, 0.4) is 0 Å². The van der Waals surface area contributed by atoms with Gasteiger partial charge in [-0.15, -0.1) is 5.10 Å². The topological polar surface area (TPSA) is 68.9 Å². The van der Waals surface area contributed by atoms with Crippen molar-refractivity contribution < 1.29 is 4.79 Å². The summed E-state index contributed by atoms with van der Waals surface area (Å²) in [5.41, 5.74) is 3.59. The molecular formula is C25H23ClN4O2. The zero-order valence-electron chi connectivity index (χ0n) is 17.7. The second-order valence-corrected chi connectivity index (χ2v) is 7.75. The number of carbonyl (C=O) groups is 1. The summed E-state index contributed by atoms with van der Waals surface area (Å²) in [7, 11) is 0. The maximum Gasteiger partial charge on any atom is 0.346 e. The zero-order chi connectivity index (χ0) is 22.5. The average Bonchev–Trinajstić information content (AvgIpc) is 3.14.